The Morgan fingerprint density at radius 2 is 1.85 bits per heavy atom. The van der Waals surface area contributed by atoms with Crippen molar-refractivity contribution in [2.75, 3.05) is 0 Å². The van der Waals surface area contributed by atoms with E-state index in [4.69, 9.17) is 0 Å². The molecule has 3 aromatic rings. The fraction of sp³-hybridized carbons (Fsp3) is 0.125. The number of benzene rings is 1. The molecular formula is C16H13FN2O. The van der Waals surface area contributed by atoms with Gasteiger partial charge in [0.2, 0.25) is 0 Å². The highest BCUT2D eigenvalue weighted by atomic mass is 19.1. The molecule has 0 bridgehead atoms. The molecule has 0 amide bonds. The monoisotopic (exact) mass is 268 g/mol. The summed E-state index contributed by atoms with van der Waals surface area (Å²) in [4.78, 5) is 16.6. The third-order valence-corrected chi connectivity index (χ3v) is 3.38. The Morgan fingerprint density at radius 1 is 1.15 bits per heavy atom. The lowest BCUT2D eigenvalue weighted by Crippen LogP contribution is -2.17. The summed E-state index contributed by atoms with van der Waals surface area (Å²) in [5.74, 6) is -0.278. The number of fused-ring (bicyclic) bond motifs is 1. The van der Waals surface area contributed by atoms with Gasteiger partial charge in [-0.15, -0.1) is 0 Å². The Morgan fingerprint density at radius 3 is 2.55 bits per heavy atom. The average molecular weight is 268 g/mol. The summed E-state index contributed by atoms with van der Waals surface area (Å²) in [6.07, 6.45) is 1.73. The molecule has 0 aliphatic heterocycles. The Kier molecular flexibility index (Phi) is 2.86. The molecule has 100 valence electrons. The van der Waals surface area contributed by atoms with Gasteiger partial charge in [0, 0.05) is 18.8 Å². The van der Waals surface area contributed by atoms with Gasteiger partial charge >= 0.3 is 0 Å². The van der Waals surface area contributed by atoms with Gasteiger partial charge in [0.15, 0.2) is 0 Å². The first-order valence-electron chi connectivity index (χ1n) is 6.29. The zero-order valence-electron chi connectivity index (χ0n) is 11.2. The van der Waals surface area contributed by atoms with Crippen molar-refractivity contribution in [3.63, 3.8) is 0 Å². The van der Waals surface area contributed by atoms with Crippen LogP contribution < -0.4 is 5.56 Å². The molecule has 20 heavy (non-hydrogen) atoms. The SMILES string of the molecule is Cc1nc(-c2ccc(F)cc2)cc2ccn(C)c(=O)c12. The largest absolute Gasteiger partial charge is 0.318 e. The number of aromatic nitrogens is 2. The van der Waals surface area contributed by atoms with Crippen LogP contribution >= 0.6 is 0 Å². The van der Waals surface area contributed by atoms with E-state index in [9.17, 15) is 9.18 Å². The van der Waals surface area contributed by atoms with Gasteiger partial charge in [-0.1, -0.05) is 0 Å². The van der Waals surface area contributed by atoms with E-state index in [1.165, 1.54) is 16.7 Å². The van der Waals surface area contributed by atoms with Crippen molar-refractivity contribution in [3.8, 4) is 11.3 Å². The highest BCUT2D eigenvalue weighted by Gasteiger charge is 2.08. The van der Waals surface area contributed by atoms with E-state index in [1.807, 2.05) is 19.1 Å². The Balaban J connectivity index is 2.28. The van der Waals surface area contributed by atoms with E-state index in [1.54, 1.807) is 25.4 Å². The van der Waals surface area contributed by atoms with Crippen LogP contribution in [0.2, 0.25) is 0 Å². The molecule has 0 radical (unpaired) electrons. The third-order valence-electron chi connectivity index (χ3n) is 3.38. The number of rotatable bonds is 1. The summed E-state index contributed by atoms with van der Waals surface area (Å²) in [5.41, 5.74) is 2.20. The zero-order valence-corrected chi connectivity index (χ0v) is 11.2. The zero-order chi connectivity index (χ0) is 14.3. The van der Waals surface area contributed by atoms with E-state index >= 15 is 0 Å². The maximum Gasteiger partial charge on any atom is 0.259 e. The van der Waals surface area contributed by atoms with Crippen LogP contribution in [0.4, 0.5) is 4.39 Å². The highest BCUT2D eigenvalue weighted by molar-refractivity contribution is 5.86. The minimum atomic E-state index is -0.278. The fourth-order valence-corrected chi connectivity index (χ4v) is 2.31. The van der Waals surface area contributed by atoms with Crippen LogP contribution in [0.25, 0.3) is 22.0 Å². The fourth-order valence-electron chi connectivity index (χ4n) is 2.31. The molecule has 0 saturated carbocycles. The second kappa shape index (κ2) is 4.56. The van der Waals surface area contributed by atoms with Crippen LogP contribution in [-0.2, 0) is 7.05 Å². The molecule has 0 atom stereocenters. The molecule has 3 rings (SSSR count). The topological polar surface area (TPSA) is 34.9 Å². The summed E-state index contributed by atoms with van der Waals surface area (Å²) in [5, 5.41) is 1.47. The van der Waals surface area contributed by atoms with Gasteiger partial charge in [0.1, 0.15) is 5.82 Å². The predicted octanol–water partition coefficient (Wildman–Crippen LogP) is 3.05. The lowest BCUT2D eigenvalue weighted by Gasteiger charge is -2.07. The van der Waals surface area contributed by atoms with Crippen molar-refractivity contribution in [2.24, 2.45) is 7.05 Å². The molecule has 0 saturated heterocycles. The normalized spacial score (nSPS) is 10.9. The molecule has 0 aliphatic carbocycles. The highest BCUT2D eigenvalue weighted by Crippen LogP contribution is 2.22. The second-order valence-electron chi connectivity index (χ2n) is 4.80. The first kappa shape index (κ1) is 12.5. The molecule has 2 heterocycles. The lowest BCUT2D eigenvalue weighted by molar-refractivity contribution is 0.628. The number of hydrogen-bond donors (Lipinski definition) is 0. The van der Waals surface area contributed by atoms with Gasteiger partial charge in [-0.2, -0.15) is 0 Å². The smallest absolute Gasteiger partial charge is 0.259 e. The molecule has 0 spiro atoms. The molecule has 3 nitrogen and oxygen atoms in total. The minimum Gasteiger partial charge on any atom is -0.318 e. The maximum absolute atomic E-state index is 13.0. The quantitative estimate of drug-likeness (QED) is 0.680. The first-order valence-corrected chi connectivity index (χ1v) is 6.29. The molecule has 2 aromatic heterocycles. The minimum absolute atomic E-state index is 0.0573. The van der Waals surface area contributed by atoms with Crippen LogP contribution in [0.1, 0.15) is 5.69 Å². The van der Waals surface area contributed by atoms with Crippen molar-refractivity contribution in [1.29, 1.82) is 0 Å². The molecule has 1 aromatic carbocycles. The third kappa shape index (κ3) is 1.99. The van der Waals surface area contributed by atoms with Gasteiger partial charge in [0.05, 0.1) is 16.8 Å². The molecule has 0 aliphatic rings. The molecular weight excluding hydrogens is 255 g/mol. The lowest BCUT2D eigenvalue weighted by atomic mass is 10.1. The average Bonchev–Trinajstić information content (AvgIpc) is 2.43. The summed E-state index contributed by atoms with van der Waals surface area (Å²) in [6.45, 7) is 1.82. The summed E-state index contributed by atoms with van der Waals surface area (Å²) in [6, 6.07) is 9.92. The molecule has 4 heteroatoms. The van der Waals surface area contributed by atoms with Gasteiger partial charge in [0.25, 0.3) is 5.56 Å². The number of halogens is 1. The van der Waals surface area contributed by atoms with E-state index in [0.29, 0.717) is 11.1 Å². The van der Waals surface area contributed by atoms with Crippen molar-refractivity contribution < 1.29 is 4.39 Å². The Bertz CT molecular complexity index is 851. The number of aryl methyl sites for hydroxylation is 2. The van der Waals surface area contributed by atoms with Crippen LogP contribution in [0.3, 0.4) is 0 Å². The number of pyridine rings is 2. The van der Waals surface area contributed by atoms with E-state index < -0.39 is 0 Å². The number of hydrogen-bond acceptors (Lipinski definition) is 2. The van der Waals surface area contributed by atoms with E-state index in [0.717, 1.165) is 16.6 Å². The van der Waals surface area contributed by atoms with Gasteiger partial charge in [-0.3, -0.25) is 9.78 Å². The number of nitrogens with zero attached hydrogens (tertiary/aromatic N) is 2. The summed E-state index contributed by atoms with van der Waals surface area (Å²) >= 11 is 0. The van der Waals surface area contributed by atoms with Crippen molar-refractivity contribution in [2.45, 2.75) is 6.92 Å². The van der Waals surface area contributed by atoms with Gasteiger partial charge in [-0.25, -0.2) is 4.39 Å². The Hall–Kier alpha value is -2.49. The van der Waals surface area contributed by atoms with Crippen LogP contribution in [0.5, 0.6) is 0 Å². The molecule has 0 unspecified atom stereocenters. The van der Waals surface area contributed by atoms with E-state index in [-0.39, 0.29) is 11.4 Å². The first-order chi connectivity index (χ1) is 9.56. The van der Waals surface area contributed by atoms with Gasteiger partial charge < -0.3 is 4.57 Å². The van der Waals surface area contributed by atoms with E-state index in [2.05, 4.69) is 4.98 Å². The summed E-state index contributed by atoms with van der Waals surface area (Å²) in [7, 11) is 1.72. The summed E-state index contributed by atoms with van der Waals surface area (Å²) < 4.78 is 14.5. The van der Waals surface area contributed by atoms with Crippen molar-refractivity contribution >= 4 is 10.8 Å². The standard InChI is InChI=1S/C16H13FN2O/c1-10-15-12(7-8-19(2)16(15)20)9-14(18-10)11-3-5-13(17)6-4-11/h3-9H,1-2H3. The maximum atomic E-state index is 13.0. The predicted molar refractivity (Wildman–Crippen MR) is 77.1 cm³/mol. The molecule has 0 fully saturated rings. The van der Waals surface area contributed by atoms with Crippen LogP contribution in [-0.4, -0.2) is 9.55 Å². The Labute approximate surface area is 115 Å². The van der Waals surface area contributed by atoms with Gasteiger partial charge in [-0.05, 0) is 48.7 Å². The molecule has 0 N–H and O–H groups in total. The second-order valence-corrected chi connectivity index (χ2v) is 4.80. The van der Waals surface area contributed by atoms with Crippen molar-refractivity contribution in [1.82, 2.24) is 9.55 Å². The van der Waals surface area contributed by atoms with Crippen LogP contribution in [0, 0.1) is 12.7 Å². The van der Waals surface area contributed by atoms with Crippen LogP contribution in [0.15, 0.2) is 47.4 Å². The van der Waals surface area contributed by atoms with Crippen molar-refractivity contribution in [3.05, 3.63) is 64.5 Å².